The van der Waals surface area contributed by atoms with E-state index in [1.807, 2.05) is 6.92 Å². The van der Waals surface area contributed by atoms with Gasteiger partial charge in [0.1, 0.15) is 34.6 Å². The maximum absolute atomic E-state index is 14.9. The number of alkyl carbamates (subject to hydrolysis) is 1. The number of ether oxygens (including phenoxy) is 2. The summed E-state index contributed by atoms with van der Waals surface area (Å²) in [5.74, 6) is -1.96. The molecule has 8 atom stereocenters. The summed E-state index contributed by atoms with van der Waals surface area (Å²) >= 11 is 4.68. The first-order valence-electron chi connectivity index (χ1n) is 20.7. The molecule has 6 aliphatic rings. The van der Waals surface area contributed by atoms with Crippen LogP contribution in [0.25, 0.3) is 10.9 Å². The summed E-state index contributed by atoms with van der Waals surface area (Å²) in [6.07, 6.45) is 10.9. The molecule has 2 aliphatic heterocycles. The van der Waals surface area contributed by atoms with Crippen molar-refractivity contribution in [1.29, 1.82) is 0 Å². The lowest BCUT2D eigenvalue weighted by molar-refractivity contribution is -0.142. The van der Waals surface area contributed by atoms with Crippen LogP contribution in [-0.2, 0) is 37.0 Å². The van der Waals surface area contributed by atoms with E-state index < -0.39 is 69.6 Å². The molecule has 5 fully saturated rings. The zero-order valence-electron chi connectivity index (χ0n) is 32.5. The molecule has 2 bridgehead atoms. The summed E-state index contributed by atoms with van der Waals surface area (Å²) < 4.78 is 29.3. The number of carbonyl (C=O) groups excluding carboxylic acids is 4. The van der Waals surface area contributed by atoms with Crippen LogP contribution >= 0.6 is 11.6 Å². The van der Waals surface area contributed by atoms with E-state index in [1.165, 1.54) is 9.47 Å². The Hall–Kier alpha value is -3.82. The molecule has 8 rings (SSSR count). The number of nitrogens with zero attached hydrogens (tertiary/aromatic N) is 3. The van der Waals surface area contributed by atoms with Crippen molar-refractivity contribution in [3.8, 4) is 6.01 Å². The minimum absolute atomic E-state index is 0.0209. The highest BCUT2D eigenvalue weighted by Crippen LogP contribution is 2.47. The molecule has 57 heavy (non-hydrogen) atoms. The van der Waals surface area contributed by atoms with Crippen molar-refractivity contribution in [1.82, 2.24) is 29.8 Å². The fourth-order valence-electron chi connectivity index (χ4n) is 9.47. The highest BCUT2D eigenvalue weighted by Gasteiger charge is 2.63. The Bertz CT molecular complexity index is 1990. The van der Waals surface area contributed by atoms with Gasteiger partial charge in [-0.05, 0) is 88.3 Å². The minimum atomic E-state index is -1.64. The van der Waals surface area contributed by atoms with Crippen molar-refractivity contribution in [3.05, 3.63) is 46.2 Å². The van der Waals surface area contributed by atoms with Crippen molar-refractivity contribution in [2.45, 2.75) is 144 Å². The van der Waals surface area contributed by atoms with Gasteiger partial charge in [-0.1, -0.05) is 43.4 Å². The molecule has 4 aliphatic carbocycles. The van der Waals surface area contributed by atoms with E-state index >= 15 is 0 Å². The van der Waals surface area contributed by atoms with Gasteiger partial charge < -0.3 is 29.6 Å². The largest absolute Gasteiger partial charge is 0.593 e. The molecule has 1 aromatic carbocycles. The van der Waals surface area contributed by atoms with Gasteiger partial charge in [0.05, 0.1) is 28.8 Å². The fraction of sp³-hybridized carbons (Fsp3) is 0.659. The smallest absolute Gasteiger partial charge is 0.408 e. The Morgan fingerprint density at radius 1 is 1.04 bits per heavy atom. The minimum Gasteiger partial charge on any atom is -0.593 e. The lowest BCUT2D eigenvalue weighted by Crippen LogP contribution is -2.59. The Kier molecular flexibility index (Phi) is 11.3. The average molecular weight is 825 g/mol. The molecule has 0 unspecified atom stereocenters. The standard InChI is InChI=1S/C41H53ClN6O8S/c1-3-26-22-41(26,37(52)46-57(54)40(2)17-18-40)45-34(49)31-21-28-23-48(31)36(51)33(25-11-6-7-12-25)44-39(53)56-32-14-9-13-24(32)10-5-4-8-19-47-35(50)29-16-15-27(42)20-30(29)43-38(47)55-28/h3,15-16,20,24-26,28,31-33H,1,4-14,17-19,21-23H2,2H3,(H,44,53)(H,45,49)(H,46,52)/t24-,26-,28-,31+,32-,33+,41-,57-/m1/s1. The number of halogens is 1. The molecular weight excluding hydrogens is 772 g/mol. The first kappa shape index (κ1) is 40.0. The van der Waals surface area contributed by atoms with Crippen molar-refractivity contribution < 1.29 is 33.2 Å². The topological polar surface area (TPSA) is 184 Å². The first-order valence-corrected chi connectivity index (χ1v) is 22.2. The maximum Gasteiger partial charge on any atom is 0.408 e. The Morgan fingerprint density at radius 2 is 1.77 bits per heavy atom. The monoisotopic (exact) mass is 824 g/mol. The quantitative estimate of drug-likeness (QED) is 0.260. The summed E-state index contributed by atoms with van der Waals surface area (Å²) in [6, 6.07) is 2.92. The van der Waals surface area contributed by atoms with Crippen LogP contribution in [0, 0.1) is 17.8 Å². The van der Waals surface area contributed by atoms with Crippen molar-refractivity contribution in [2.75, 3.05) is 6.54 Å². The van der Waals surface area contributed by atoms with Gasteiger partial charge in [-0.3, -0.25) is 23.7 Å². The van der Waals surface area contributed by atoms with Crippen LogP contribution in [0.2, 0.25) is 5.02 Å². The third kappa shape index (κ3) is 8.12. The average Bonchev–Trinajstić information content (AvgIpc) is 3.79. The lowest BCUT2D eigenvalue weighted by atomic mass is 9.96. The molecule has 308 valence electrons. The number of rotatable bonds is 7. The van der Waals surface area contributed by atoms with Crippen LogP contribution in [0.1, 0.15) is 103 Å². The van der Waals surface area contributed by atoms with Crippen LogP contribution in [-0.4, -0.2) is 83.9 Å². The maximum atomic E-state index is 14.9. The predicted octanol–water partition coefficient (Wildman–Crippen LogP) is 4.82. The van der Waals surface area contributed by atoms with E-state index in [0.717, 1.165) is 77.0 Å². The Morgan fingerprint density at radius 3 is 2.51 bits per heavy atom. The Labute approximate surface area is 340 Å². The van der Waals surface area contributed by atoms with Gasteiger partial charge in [0.15, 0.2) is 0 Å². The number of fused-ring (bicyclic) bond motifs is 5. The third-order valence-corrected chi connectivity index (χ3v) is 15.3. The molecule has 1 saturated heterocycles. The van der Waals surface area contributed by atoms with E-state index in [4.69, 9.17) is 26.1 Å². The van der Waals surface area contributed by atoms with Gasteiger partial charge in [-0.15, -0.1) is 6.58 Å². The van der Waals surface area contributed by atoms with Crippen LogP contribution < -0.4 is 25.7 Å². The zero-order chi connectivity index (χ0) is 40.1. The summed E-state index contributed by atoms with van der Waals surface area (Å²) in [7, 11) is 0. The van der Waals surface area contributed by atoms with Crippen LogP contribution in [0.3, 0.4) is 0 Å². The van der Waals surface area contributed by atoms with Gasteiger partial charge in [0.2, 0.25) is 11.8 Å². The van der Waals surface area contributed by atoms with Crippen molar-refractivity contribution in [2.24, 2.45) is 17.8 Å². The normalized spacial score (nSPS) is 32.1. The molecule has 2 aromatic rings. The molecule has 0 radical (unpaired) electrons. The number of amides is 4. The van der Waals surface area contributed by atoms with E-state index in [-0.39, 0.29) is 48.9 Å². The number of hydrogen-bond donors (Lipinski definition) is 3. The molecule has 0 spiro atoms. The van der Waals surface area contributed by atoms with Gasteiger partial charge >= 0.3 is 6.09 Å². The van der Waals surface area contributed by atoms with Crippen LogP contribution in [0.5, 0.6) is 6.01 Å². The number of hydrogen-bond acceptors (Lipinski definition) is 9. The summed E-state index contributed by atoms with van der Waals surface area (Å²) in [5, 5.41) is 6.70. The molecule has 3 N–H and O–H groups in total. The predicted molar refractivity (Wildman–Crippen MR) is 214 cm³/mol. The fourth-order valence-corrected chi connectivity index (χ4v) is 10.7. The molecule has 3 heterocycles. The van der Waals surface area contributed by atoms with Gasteiger partial charge in [-0.25, -0.2) is 4.79 Å². The summed E-state index contributed by atoms with van der Waals surface area (Å²) in [4.78, 5) is 76.9. The second-order valence-electron chi connectivity index (χ2n) is 17.3. The summed E-state index contributed by atoms with van der Waals surface area (Å²) in [6.45, 7) is 6.01. The molecule has 4 amide bonds. The molecular formula is C41H53ClN6O8S. The molecule has 16 heteroatoms. The van der Waals surface area contributed by atoms with Crippen LogP contribution in [0.15, 0.2) is 35.6 Å². The number of aromatic nitrogens is 2. The number of benzene rings is 1. The first-order chi connectivity index (χ1) is 27.4. The number of nitrogens with one attached hydrogen (secondary N) is 3. The Balaban J connectivity index is 1.13. The lowest BCUT2D eigenvalue weighted by Gasteiger charge is -2.32. The van der Waals surface area contributed by atoms with Crippen molar-refractivity contribution in [3.63, 3.8) is 0 Å². The second kappa shape index (κ2) is 16.1. The highest BCUT2D eigenvalue weighted by atomic mass is 35.5. The van der Waals surface area contributed by atoms with Crippen molar-refractivity contribution >= 4 is 57.7 Å². The number of carbonyl (C=O) groups is 4. The van der Waals surface area contributed by atoms with Gasteiger partial charge in [0.25, 0.3) is 17.5 Å². The van der Waals surface area contributed by atoms with E-state index in [9.17, 15) is 28.5 Å². The third-order valence-electron chi connectivity index (χ3n) is 13.4. The van der Waals surface area contributed by atoms with Gasteiger partial charge in [0, 0.05) is 36.7 Å². The van der Waals surface area contributed by atoms with E-state index in [2.05, 4.69) is 21.9 Å². The zero-order valence-corrected chi connectivity index (χ0v) is 34.0. The summed E-state index contributed by atoms with van der Waals surface area (Å²) in [5.41, 5.74) is -1.29. The molecule has 1 aromatic heterocycles. The highest BCUT2D eigenvalue weighted by molar-refractivity contribution is 7.91. The van der Waals surface area contributed by atoms with Gasteiger partial charge in [-0.2, -0.15) is 9.71 Å². The van der Waals surface area contributed by atoms with E-state index in [0.29, 0.717) is 28.9 Å². The molecule has 4 saturated carbocycles. The van der Waals surface area contributed by atoms with E-state index in [1.54, 1.807) is 24.3 Å². The SMILES string of the molecule is C=C[C@@H]1C[C@]1(NC(=O)[C@@H]1C[C@@H]2CN1C(=O)[C@H](C1CCCC1)NC(=O)O[C@@H]1CCC[C@H]1CCCCCn1c(nc3cc(Cl)ccc3c1=O)O2)C(=O)N[S@+]([O-])C1(C)CC1. The van der Waals surface area contributed by atoms with Crippen LogP contribution in [0.4, 0.5) is 4.79 Å². The molecule has 14 nitrogen and oxygen atoms in total. The second-order valence-corrected chi connectivity index (χ2v) is 19.5.